The number of amides is 1. The lowest BCUT2D eigenvalue weighted by molar-refractivity contribution is -0.139. The van der Waals surface area contributed by atoms with Gasteiger partial charge in [0.1, 0.15) is 12.4 Å². The Balaban J connectivity index is 1.72. The van der Waals surface area contributed by atoms with Gasteiger partial charge in [-0.2, -0.15) is 0 Å². The number of carbonyl (C=O) groups is 1. The van der Waals surface area contributed by atoms with Crippen molar-refractivity contribution in [1.29, 1.82) is 0 Å². The molecule has 10 nitrogen and oxygen atoms in total. The summed E-state index contributed by atoms with van der Waals surface area (Å²) < 4.78 is 23.4. The second-order valence-corrected chi connectivity index (χ2v) is 8.27. The molecule has 0 spiro atoms. The van der Waals surface area contributed by atoms with Crippen molar-refractivity contribution in [2.24, 2.45) is 0 Å². The fourth-order valence-corrected chi connectivity index (χ4v) is 4.27. The molecular weight excluding hydrogens is 428 g/mol. The molecule has 4 rings (SSSR count). The van der Waals surface area contributed by atoms with E-state index in [0.29, 0.717) is 67.7 Å². The minimum absolute atomic E-state index is 0.0266. The lowest BCUT2D eigenvalue weighted by Gasteiger charge is -2.33. The van der Waals surface area contributed by atoms with Gasteiger partial charge < -0.3 is 23.8 Å². The smallest absolute Gasteiger partial charge is 0.262 e. The van der Waals surface area contributed by atoms with E-state index in [1.54, 1.807) is 24.1 Å². The van der Waals surface area contributed by atoms with E-state index in [2.05, 4.69) is 4.90 Å². The highest BCUT2D eigenvalue weighted by molar-refractivity contribution is 5.83. The Morgan fingerprint density at radius 1 is 1.12 bits per heavy atom. The van der Waals surface area contributed by atoms with E-state index >= 15 is 0 Å². The molecule has 1 unspecified atom stereocenters. The van der Waals surface area contributed by atoms with Crippen molar-refractivity contribution in [2.45, 2.75) is 32.5 Å². The number of fused-ring (bicyclic) bond motifs is 1. The minimum atomic E-state index is -0.266. The number of hydrogen-bond donors (Lipinski definition) is 0. The first kappa shape index (κ1) is 23.5. The van der Waals surface area contributed by atoms with Crippen molar-refractivity contribution in [2.75, 3.05) is 60.2 Å². The summed E-state index contributed by atoms with van der Waals surface area (Å²) in [5.41, 5.74) is 0.250. The standard InChI is InChI=1S/C23H32N4O6/c1-4-16-13-26(7-10-33-16)22(28)15-27-21(14-25-5-8-32-9-6-25)24-18-12-20(31-3)19(30-2)11-17(18)23(27)29/h11-12,16H,4-10,13-15H2,1-3H3. The van der Waals surface area contributed by atoms with Gasteiger partial charge in [0.25, 0.3) is 5.56 Å². The summed E-state index contributed by atoms with van der Waals surface area (Å²) in [5, 5.41) is 0.389. The zero-order valence-corrected chi connectivity index (χ0v) is 19.5. The van der Waals surface area contributed by atoms with Crippen molar-refractivity contribution >= 4 is 16.8 Å². The molecule has 33 heavy (non-hydrogen) atoms. The maximum Gasteiger partial charge on any atom is 0.262 e. The third-order valence-corrected chi connectivity index (χ3v) is 6.25. The molecule has 0 saturated carbocycles. The molecule has 2 fully saturated rings. The molecule has 0 N–H and O–H groups in total. The highest BCUT2D eigenvalue weighted by Gasteiger charge is 2.25. The highest BCUT2D eigenvalue weighted by atomic mass is 16.5. The van der Waals surface area contributed by atoms with E-state index in [-0.39, 0.29) is 24.1 Å². The largest absolute Gasteiger partial charge is 0.493 e. The van der Waals surface area contributed by atoms with Crippen molar-refractivity contribution in [3.8, 4) is 11.5 Å². The van der Waals surface area contributed by atoms with Crippen LogP contribution in [0.2, 0.25) is 0 Å². The van der Waals surface area contributed by atoms with Gasteiger partial charge in [0.2, 0.25) is 5.91 Å². The van der Waals surface area contributed by atoms with Gasteiger partial charge in [0, 0.05) is 32.2 Å². The minimum Gasteiger partial charge on any atom is -0.493 e. The Morgan fingerprint density at radius 3 is 2.55 bits per heavy atom. The number of hydrogen-bond acceptors (Lipinski definition) is 8. The predicted molar refractivity (Wildman–Crippen MR) is 122 cm³/mol. The van der Waals surface area contributed by atoms with Crippen LogP contribution in [0.15, 0.2) is 16.9 Å². The summed E-state index contributed by atoms with van der Waals surface area (Å²) >= 11 is 0. The van der Waals surface area contributed by atoms with Crippen LogP contribution in [-0.4, -0.2) is 91.6 Å². The van der Waals surface area contributed by atoms with Gasteiger partial charge in [0.05, 0.1) is 57.6 Å². The van der Waals surface area contributed by atoms with E-state index < -0.39 is 0 Å². The van der Waals surface area contributed by atoms with Crippen molar-refractivity contribution in [3.63, 3.8) is 0 Å². The van der Waals surface area contributed by atoms with Crippen LogP contribution in [0.25, 0.3) is 10.9 Å². The molecule has 0 aliphatic carbocycles. The third-order valence-electron chi connectivity index (χ3n) is 6.25. The number of benzene rings is 1. The molecule has 2 aliphatic heterocycles. The van der Waals surface area contributed by atoms with Crippen LogP contribution in [0.4, 0.5) is 0 Å². The van der Waals surface area contributed by atoms with Crippen molar-refractivity contribution < 1.29 is 23.7 Å². The Bertz CT molecular complexity index is 1050. The van der Waals surface area contributed by atoms with E-state index in [0.717, 1.165) is 19.5 Å². The van der Waals surface area contributed by atoms with Gasteiger partial charge in [0.15, 0.2) is 11.5 Å². The van der Waals surface area contributed by atoms with E-state index in [9.17, 15) is 9.59 Å². The summed E-state index contributed by atoms with van der Waals surface area (Å²) in [6, 6.07) is 3.34. The van der Waals surface area contributed by atoms with Crippen LogP contribution in [-0.2, 0) is 27.4 Å². The van der Waals surface area contributed by atoms with Gasteiger partial charge in [-0.15, -0.1) is 0 Å². The fraction of sp³-hybridized carbons (Fsp3) is 0.609. The van der Waals surface area contributed by atoms with Crippen LogP contribution < -0.4 is 15.0 Å². The SMILES string of the molecule is CCC1CN(C(=O)Cn2c(CN3CCOCC3)nc3cc(OC)c(OC)cc3c2=O)CCO1. The zero-order chi connectivity index (χ0) is 23.4. The summed E-state index contributed by atoms with van der Waals surface area (Å²) in [6.07, 6.45) is 0.865. The molecular formula is C23H32N4O6. The van der Waals surface area contributed by atoms with Crippen LogP contribution in [0.1, 0.15) is 19.2 Å². The zero-order valence-electron chi connectivity index (χ0n) is 19.5. The molecule has 1 amide bonds. The maximum absolute atomic E-state index is 13.6. The third kappa shape index (κ3) is 5.13. The predicted octanol–water partition coefficient (Wildman–Crippen LogP) is 0.883. The van der Waals surface area contributed by atoms with Crippen LogP contribution >= 0.6 is 0 Å². The number of morpholine rings is 2. The number of carbonyl (C=O) groups excluding carboxylic acids is 1. The van der Waals surface area contributed by atoms with Gasteiger partial charge >= 0.3 is 0 Å². The molecule has 0 radical (unpaired) electrons. The summed E-state index contributed by atoms with van der Waals surface area (Å²) in [7, 11) is 3.07. The van der Waals surface area contributed by atoms with Gasteiger partial charge in [-0.05, 0) is 12.5 Å². The van der Waals surface area contributed by atoms with Gasteiger partial charge in [-0.25, -0.2) is 4.98 Å². The first-order chi connectivity index (χ1) is 16.0. The Labute approximate surface area is 193 Å². The van der Waals surface area contributed by atoms with Crippen LogP contribution in [0.5, 0.6) is 11.5 Å². The fourth-order valence-electron chi connectivity index (χ4n) is 4.27. The number of methoxy groups -OCH3 is 2. The summed E-state index contributed by atoms with van der Waals surface area (Å²) in [4.78, 5) is 35.5. The Kier molecular flexibility index (Phi) is 7.46. The van der Waals surface area contributed by atoms with E-state index in [1.165, 1.54) is 11.7 Å². The number of rotatable bonds is 7. The number of ether oxygens (including phenoxy) is 4. The van der Waals surface area contributed by atoms with Gasteiger partial charge in [-0.3, -0.25) is 19.1 Å². The summed E-state index contributed by atoms with van der Waals surface area (Å²) in [6.45, 7) is 6.75. The lowest BCUT2D eigenvalue weighted by Crippen LogP contribution is -2.47. The summed E-state index contributed by atoms with van der Waals surface area (Å²) in [5.74, 6) is 1.39. The van der Waals surface area contributed by atoms with Crippen molar-refractivity contribution in [3.05, 3.63) is 28.3 Å². The normalized spacial score (nSPS) is 19.6. The average Bonchev–Trinajstić information content (AvgIpc) is 2.86. The molecule has 1 aromatic carbocycles. The topological polar surface area (TPSA) is 95.4 Å². The molecule has 1 aromatic heterocycles. The van der Waals surface area contributed by atoms with Crippen LogP contribution in [0.3, 0.4) is 0 Å². The molecule has 2 saturated heterocycles. The van der Waals surface area contributed by atoms with Crippen LogP contribution in [0, 0.1) is 0 Å². The number of nitrogens with zero attached hydrogens (tertiary/aromatic N) is 4. The molecule has 3 heterocycles. The van der Waals surface area contributed by atoms with Crippen molar-refractivity contribution in [1.82, 2.24) is 19.4 Å². The second kappa shape index (κ2) is 10.5. The lowest BCUT2D eigenvalue weighted by atomic mass is 10.2. The molecule has 0 bridgehead atoms. The highest BCUT2D eigenvalue weighted by Crippen LogP contribution is 2.30. The average molecular weight is 461 g/mol. The maximum atomic E-state index is 13.6. The molecule has 2 aromatic rings. The van der Waals surface area contributed by atoms with Gasteiger partial charge in [-0.1, -0.05) is 6.92 Å². The van der Waals surface area contributed by atoms with E-state index in [1.807, 2.05) is 6.92 Å². The molecule has 180 valence electrons. The Hall–Kier alpha value is -2.69. The number of aromatic nitrogens is 2. The monoisotopic (exact) mass is 460 g/mol. The Morgan fingerprint density at radius 2 is 1.85 bits per heavy atom. The molecule has 10 heteroatoms. The van der Waals surface area contributed by atoms with E-state index in [4.69, 9.17) is 23.9 Å². The first-order valence-corrected chi connectivity index (χ1v) is 11.4. The quantitative estimate of drug-likeness (QED) is 0.601. The molecule has 2 aliphatic rings. The first-order valence-electron chi connectivity index (χ1n) is 11.4. The molecule has 1 atom stereocenters. The second-order valence-electron chi connectivity index (χ2n) is 8.27.